The van der Waals surface area contributed by atoms with Gasteiger partial charge in [0.15, 0.2) is 0 Å². The summed E-state index contributed by atoms with van der Waals surface area (Å²) in [4.78, 5) is 19.1. The number of pyridine rings is 1. The number of nitrogens with two attached hydrogens (primary N) is 1. The van der Waals surface area contributed by atoms with Crippen LogP contribution in [0.2, 0.25) is 0 Å². The van der Waals surface area contributed by atoms with Crippen molar-refractivity contribution in [2.75, 3.05) is 6.54 Å². The van der Waals surface area contributed by atoms with Gasteiger partial charge >= 0.3 is 0 Å². The van der Waals surface area contributed by atoms with Crippen molar-refractivity contribution in [3.8, 4) is 0 Å². The number of amides is 1. The molecule has 4 nitrogen and oxygen atoms in total. The fourth-order valence-corrected chi connectivity index (χ4v) is 2.22. The Kier molecular flexibility index (Phi) is 5.62. The van der Waals surface area contributed by atoms with Crippen molar-refractivity contribution >= 4 is 23.1 Å². The topological polar surface area (TPSA) is 59.2 Å². The fraction of sp³-hybridized carbons (Fsp3) is 0.533. The molecule has 0 fully saturated rings. The Balaban J connectivity index is 2.96. The van der Waals surface area contributed by atoms with Crippen LogP contribution in [0.25, 0.3) is 0 Å². The molecule has 1 unspecified atom stereocenters. The highest BCUT2D eigenvalue weighted by atomic mass is 32.1. The van der Waals surface area contributed by atoms with E-state index in [0.717, 1.165) is 11.4 Å². The van der Waals surface area contributed by atoms with Crippen molar-refractivity contribution < 1.29 is 4.79 Å². The highest BCUT2D eigenvalue weighted by Crippen LogP contribution is 2.25. The second kappa shape index (κ2) is 6.79. The summed E-state index contributed by atoms with van der Waals surface area (Å²) in [6.07, 6.45) is 0.596. The summed E-state index contributed by atoms with van der Waals surface area (Å²) < 4.78 is 0. The van der Waals surface area contributed by atoms with Crippen LogP contribution in [0, 0.1) is 12.3 Å². The third kappa shape index (κ3) is 3.54. The van der Waals surface area contributed by atoms with Gasteiger partial charge in [-0.05, 0) is 39.3 Å². The van der Waals surface area contributed by atoms with E-state index in [2.05, 4.69) is 4.98 Å². The number of nitrogens with zero attached hydrogens (tertiary/aromatic N) is 2. The van der Waals surface area contributed by atoms with Crippen LogP contribution in [0.5, 0.6) is 0 Å². The molecule has 1 aromatic heterocycles. The van der Waals surface area contributed by atoms with E-state index in [-0.39, 0.29) is 10.9 Å². The van der Waals surface area contributed by atoms with Gasteiger partial charge in [-0.2, -0.15) is 0 Å². The zero-order chi connectivity index (χ0) is 15.3. The largest absolute Gasteiger partial charge is 0.392 e. The van der Waals surface area contributed by atoms with Crippen molar-refractivity contribution in [2.24, 2.45) is 11.1 Å². The van der Waals surface area contributed by atoms with E-state index in [1.807, 2.05) is 45.9 Å². The molecular weight excluding hydrogens is 270 g/mol. The van der Waals surface area contributed by atoms with Crippen molar-refractivity contribution in [2.45, 2.75) is 40.7 Å². The summed E-state index contributed by atoms with van der Waals surface area (Å²) in [5.74, 6) is -0.0293. The van der Waals surface area contributed by atoms with E-state index in [9.17, 15) is 4.79 Å². The number of hydrogen-bond donors (Lipinski definition) is 1. The molecule has 0 spiro atoms. The quantitative estimate of drug-likeness (QED) is 0.818. The van der Waals surface area contributed by atoms with E-state index >= 15 is 0 Å². The minimum absolute atomic E-state index is 0.0293. The molecule has 1 atom stereocenters. The van der Waals surface area contributed by atoms with Crippen LogP contribution in [-0.4, -0.2) is 27.3 Å². The summed E-state index contributed by atoms with van der Waals surface area (Å²) in [5, 5.41) is 0. The molecule has 0 aliphatic heterocycles. The molecule has 0 radical (unpaired) electrons. The van der Waals surface area contributed by atoms with Gasteiger partial charge in [0.05, 0.1) is 22.6 Å². The number of aryl methyl sites for hydroxylation is 1. The molecule has 110 valence electrons. The van der Waals surface area contributed by atoms with Gasteiger partial charge in [-0.1, -0.05) is 25.2 Å². The number of thiocarbonyl (C=S) groups is 1. The van der Waals surface area contributed by atoms with Gasteiger partial charge in [0.2, 0.25) is 5.91 Å². The average molecular weight is 293 g/mol. The lowest BCUT2D eigenvalue weighted by Crippen LogP contribution is -2.48. The van der Waals surface area contributed by atoms with Crippen LogP contribution in [0.15, 0.2) is 18.2 Å². The highest BCUT2D eigenvalue weighted by Gasteiger charge is 2.37. The molecule has 1 rings (SSSR count). The van der Waals surface area contributed by atoms with Crippen molar-refractivity contribution in [3.63, 3.8) is 0 Å². The molecule has 0 aliphatic carbocycles. The maximum Gasteiger partial charge on any atom is 0.235 e. The second-order valence-corrected chi connectivity index (χ2v) is 5.58. The molecule has 1 amide bonds. The van der Waals surface area contributed by atoms with E-state index in [0.29, 0.717) is 19.5 Å². The highest BCUT2D eigenvalue weighted by molar-refractivity contribution is 7.80. The fourth-order valence-electron chi connectivity index (χ4n) is 1.99. The van der Waals surface area contributed by atoms with E-state index < -0.39 is 5.41 Å². The average Bonchev–Trinajstić information content (AvgIpc) is 2.42. The minimum atomic E-state index is -0.783. The molecule has 20 heavy (non-hydrogen) atoms. The van der Waals surface area contributed by atoms with Gasteiger partial charge in [0.25, 0.3) is 0 Å². The van der Waals surface area contributed by atoms with Gasteiger partial charge in [0, 0.05) is 12.2 Å². The Hall–Kier alpha value is -1.49. The normalized spacial score (nSPS) is 13.6. The first-order valence-electron chi connectivity index (χ1n) is 6.87. The maximum atomic E-state index is 12.7. The predicted octanol–water partition coefficient (Wildman–Crippen LogP) is 2.44. The van der Waals surface area contributed by atoms with Crippen molar-refractivity contribution in [1.82, 2.24) is 9.88 Å². The molecule has 0 saturated carbocycles. The van der Waals surface area contributed by atoms with Gasteiger partial charge in [0.1, 0.15) is 0 Å². The lowest BCUT2D eigenvalue weighted by molar-refractivity contribution is -0.138. The van der Waals surface area contributed by atoms with Crippen LogP contribution in [0.1, 0.15) is 38.6 Å². The number of aromatic nitrogens is 1. The SMILES string of the molecule is CCN(Cc1cccc(C)n1)C(=O)C(C)(CC)C(N)=S. The van der Waals surface area contributed by atoms with E-state index in [4.69, 9.17) is 18.0 Å². The Labute approximate surface area is 126 Å². The van der Waals surface area contributed by atoms with Gasteiger partial charge in [-0.15, -0.1) is 0 Å². The van der Waals surface area contributed by atoms with Crippen LogP contribution in [-0.2, 0) is 11.3 Å². The molecule has 1 heterocycles. The summed E-state index contributed by atoms with van der Waals surface area (Å²) in [7, 11) is 0. The number of carbonyl (C=O) groups excluding carboxylic acids is 1. The van der Waals surface area contributed by atoms with Crippen LogP contribution < -0.4 is 5.73 Å². The Morgan fingerprint density at radius 2 is 2.10 bits per heavy atom. The van der Waals surface area contributed by atoms with Crippen molar-refractivity contribution in [3.05, 3.63) is 29.6 Å². The first-order chi connectivity index (χ1) is 9.35. The zero-order valence-corrected chi connectivity index (χ0v) is 13.5. The maximum absolute atomic E-state index is 12.7. The van der Waals surface area contributed by atoms with E-state index in [1.165, 1.54) is 0 Å². The molecule has 0 aliphatic rings. The van der Waals surface area contributed by atoms with Crippen molar-refractivity contribution in [1.29, 1.82) is 0 Å². The first kappa shape index (κ1) is 16.6. The molecule has 1 aromatic rings. The minimum Gasteiger partial charge on any atom is -0.392 e. The van der Waals surface area contributed by atoms with Crippen LogP contribution >= 0.6 is 12.2 Å². The van der Waals surface area contributed by atoms with Gasteiger partial charge < -0.3 is 10.6 Å². The van der Waals surface area contributed by atoms with E-state index in [1.54, 1.807) is 4.90 Å². The third-order valence-corrected chi connectivity index (χ3v) is 4.14. The Morgan fingerprint density at radius 3 is 2.55 bits per heavy atom. The summed E-state index contributed by atoms with van der Waals surface area (Å²) >= 11 is 5.07. The first-order valence-corrected chi connectivity index (χ1v) is 7.27. The Bertz CT molecular complexity index is 504. The lowest BCUT2D eigenvalue weighted by atomic mass is 9.85. The standard InChI is InChI=1S/C15H23N3OS/c1-5-15(4,13(16)20)14(19)18(6-2)10-12-9-7-8-11(3)17-12/h7-9H,5-6,10H2,1-4H3,(H2,16,20). The number of hydrogen-bond acceptors (Lipinski definition) is 3. The third-order valence-electron chi connectivity index (χ3n) is 3.69. The number of rotatable bonds is 6. The number of carbonyl (C=O) groups is 1. The molecule has 0 bridgehead atoms. The van der Waals surface area contributed by atoms with Gasteiger partial charge in [-0.25, -0.2) is 0 Å². The summed E-state index contributed by atoms with van der Waals surface area (Å²) in [6, 6.07) is 5.81. The van der Waals surface area contributed by atoms with Gasteiger partial charge in [-0.3, -0.25) is 9.78 Å². The molecular formula is C15H23N3OS. The van der Waals surface area contributed by atoms with Crippen LogP contribution in [0.3, 0.4) is 0 Å². The molecule has 5 heteroatoms. The smallest absolute Gasteiger partial charge is 0.235 e. The molecule has 0 aromatic carbocycles. The Morgan fingerprint density at radius 1 is 1.45 bits per heavy atom. The summed E-state index contributed by atoms with van der Waals surface area (Å²) in [5.41, 5.74) is 6.80. The predicted molar refractivity (Wildman–Crippen MR) is 85.2 cm³/mol. The second-order valence-electron chi connectivity index (χ2n) is 5.14. The monoisotopic (exact) mass is 293 g/mol. The van der Waals surface area contributed by atoms with Crippen LogP contribution in [0.4, 0.5) is 0 Å². The molecule has 2 N–H and O–H groups in total. The molecule has 0 saturated heterocycles. The lowest BCUT2D eigenvalue weighted by Gasteiger charge is -2.32. The summed E-state index contributed by atoms with van der Waals surface area (Å²) in [6.45, 7) is 8.71. The zero-order valence-electron chi connectivity index (χ0n) is 12.6.